The molecule has 0 atom stereocenters. The average Bonchev–Trinajstić information content (AvgIpc) is 3.42. The Bertz CT molecular complexity index is 1440. The lowest BCUT2D eigenvalue weighted by molar-refractivity contribution is 0.823. The lowest BCUT2D eigenvalue weighted by atomic mass is 10.3. The third kappa shape index (κ3) is 3.23. The Balaban J connectivity index is 1.45. The number of rotatable bonds is 5. The van der Waals surface area contributed by atoms with Crippen LogP contribution in [0.3, 0.4) is 0 Å². The molecule has 0 bridgehead atoms. The standard InChI is InChI=1S/C22H17N7OS/c30-20-17-13-23-29(16-9-5-2-6-10-16)19(17)24-21(25-20)31-22-27-26-18(14-11-12-14)28(22)15-7-3-1-4-8-15/h1-10,13-14H,11-12H2,(H,24,25,30). The van der Waals surface area contributed by atoms with Crippen molar-refractivity contribution in [2.24, 2.45) is 0 Å². The molecule has 0 amide bonds. The summed E-state index contributed by atoms with van der Waals surface area (Å²) in [7, 11) is 0. The second kappa shape index (κ2) is 7.21. The molecular formula is C22H17N7OS. The van der Waals surface area contributed by atoms with Crippen LogP contribution in [0.4, 0.5) is 0 Å². The lowest BCUT2D eigenvalue weighted by Crippen LogP contribution is -2.10. The molecule has 1 N–H and O–H groups in total. The highest BCUT2D eigenvalue weighted by Crippen LogP contribution is 2.41. The Hall–Kier alpha value is -3.72. The molecule has 1 fully saturated rings. The summed E-state index contributed by atoms with van der Waals surface area (Å²) < 4.78 is 3.73. The van der Waals surface area contributed by atoms with Crippen LogP contribution in [0.25, 0.3) is 22.4 Å². The van der Waals surface area contributed by atoms with Crippen LogP contribution < -0.4 is 5.56 Å². The first-order valence-electron chi connectivity index (χ1n) is 10.00. The minimum atomic E-state index is -0.233. The Labute approximate surface area is 181 Å². The van der Waals surface area contributed by atoms with E-state index in [1.165, 1.54) is 11.8 Å². The van der Waals surface area contributed by atoms with Crippen LogP contribution in [0.2, 0.25) is 0 Å². The summed E-state index contributed by atoms with van der Waals surface area (Å²) in [6, 6.07) is 19.7. The maximum absolute atomic E-state index is 12.7. The molecule has 3 aromatic heterocycles. The quantitative estimate of drug-likeness (QED) is 0.430. The van der Waals surface area contributed by atoms with Crippen molar-refractivity contribution in [1.82, 2.24) is 34.5 Å². The molecule has 1 aliphatic carbocycles. The van der Waals surface area contributed by atoms with Gasteiger partial charge in [-0.05, 0) is 48.9 Å². The molecule has 1 aliphatic rings. The molecule has 8 nitrogen and oxygen atoms in total. The van der Waals surface area contributed by atoms with Crippen molar-refractivity contribution in [1.29, 1.82) is 0 Å². The minimum absolute atomic E-state index is 0.233. The van der Waals surface area contributed by atoms with Crippen LogP contribution >= 0.6 is 11.8 Å². The Kier molecular flexibility index (Phi) is 4.20. The topological polar surface area (TPSA) is 94.3 Å². The number of para-hydroxylation sites is 2. The molecule has 31 heavy (non-hydrogen) atoms. The summed E-state index contributed by atoms with van der Waals surface area (Å²) in [5.41, 5.74) is 2.11. The molecule has 0 aliphatic heterocycles. The molecule has 2 aromatic carbocycles. The monoisotopic (exact) mass is 427 g/mol. The van der Waals surface area contributed by atoms with E-state index in [2.05, 4.69) is 24.8 Å². The summed E-state index contributed by atoms with van der Waals surface area (Å²) in [4.78, 5) is 20.3. The predicted octanol–water partition coefficient (Wildman–Crippen LogP) is 3.72. The van der Waals surface area contributed by atoms with E-state index in [4.69, 9.17) is 4.98 Å². The van der Waals surface area contributed by atoms with Gasteiger partial charge in [0.25, 0.3) is 5.56 Å². The number of hydrogen-bond donors (Lipinski definition) is 1. The molecule has 9 heteroatoms. The van der Waals surface area contributed by atoms with E-state index in [1.807, 2.05) is 60.7 Å². The van der Waals surface area contributed by atoms with Crippen molar-refractivity contribution >= 4 is 22.8 Å². The van der Waals surface area contributed by atoms with Gasteiger partial charge in [0.2, 0.25) is 5.16 Å². The number of hydrogen-bond acceptors (Lipinski definition) is 6. The number of benzene rings is 2. The van der Waals surface area contributed by atoms with Crippen molar-refractivity contribution in [3.63, 3.8) is 0 Å². The Morgan fingerprint density at radius 2 is 1.65 bits per heavy atom. The highest BCUT2D eigenvalue weighted by atomic mass is 32.2. The fraction of sp³-hybridized carbons (Fsp3) is 0.136. The Morgan fingerprint density at radius 3 is 2.35 bits per heavy atom. The van der Waals surface area contributed by atoms with E-state index < -0.39 is 0 Å². The van der Waals surface area contributed by atoms with Crippen molar-refractivity contribution in [2.75, 3.05) is 0 Å². The van der Waals surface area contributed by atoms with Crippen LogP contribution in [0.15, 0.2) is 82.0 Å². The van der Waals surface area contributed by atoms with Crippen molar-refractivity contribution in [3.05, 3.63) is 83.0 Å². The number of fused-ring (bicyclic) bond motifs is 1. The zero-order valence-corrected chi connectivity index (χ0v) is 17.2. The van der Waals surface area contributed by atoms with Crippen LogP contribution in [0.5, 0.6) is 0 Å². The van der Waals surface area contributed by atoms with Crippen molar-refractivity contribution < 1.29 is 0 Å². The Morgan fingerprint density at radius 1 is 0.935 bits per heavy atom. The number of aromatic nitrogens is 7. The predicted molar refractivity (Wildman–Crippen MR) is 117 cm³/mol. The van der Waals surface area contributed by atoms with Crippen LogP contribution in [0.1, 0.15) is 24.6 Å². The van der Waals surface area contributed by atoms with Gasteiger partial charge in [0, 0.05) is 11.6 Å². The molecule has 3 heterocycles. The summed E-state index contributed by atoms with van der Waals surface area (Å²) >= 11 is 1.29. The first kappa shape index (κ1) is 18.1. The summed E-state index contributed by atoms with van der Waals surface area (Å²) in [6.45, 7) is 0. The van der Waals surface area contributed by atoms with Crippen molar-refractivity contribution in [2.45, 2.75) is 29.1 Å². The van der Waals surface area contributed by atoms with Gasteiger partial charge in [0.1, 0.15) is 11.2 Å². The van der Waals surface area contributed by atoms with Crippen LogP contribution in [-0.4, -0.2) is 34.5 Å². The molecule has 0 spiro atoms. The molecule has 5 aromatic rings. The van der Waals surface area contributed by atoms with Crippen molar-refractivity contribution in [3.8, 4) is 11.4 Å². The third-order valence-electron chi connectivity index (χ3n) is 5.22. The smallest absolute Gasteiger partial charge is 0.262 e. The number of H-pyrrole nitrogens is 1. The van der Waals surface area contributed by atoms with E-state index in [0.29, 0.717) is 27.3 Å². The first-order valence-corrected chi connectivity index (χ1v) is 10.8. The second-order valence-electron chi connectivity index (χ2n) is 7.39. The molecule has 1 saturated carbocycles. The van der Waals surface area contributed by atoms with Gasteiger partial charge in [-0.25, -0.2) is 9.67 Å². The highest BCUT2D eigenvalue weighted by molar-refractivity contribution is 7.99. The second-order valence-corrected chi connectivity index (χ2v) is 8.34. The van der Waals surface area contributed by atoms with E-state index in [-0.39, 0.29) is 5.56 Å². The fourth-order valence-corrected chi connectivity index (χ4v) is 4.38. The largest absolute Gasteiger partial charge is 0.300 e. The number of nitrogens with zero attached hydrogens (tertiary/aromatic N) is 6. The summed E-state index contributed by atoms with van der Waals surface area (Å²) in [5.74, 6) is 1.38. The lowest BCUT2D eigenvalue weighted by Gasteiger charge is -2.09. The van der Waals surface area contributed by atoms with Crippen LogP contribution in [0, 0.1) is 0 Å². The van der Waals surface area contributed by atoms with E-state index in [1.54, 1.807) is 10.9 Å². The van der Waals surface area contributed by atoms with Gasteiger partial charge in [-0.3, -0.25) is 9.36 Å². The molecule has 0 unspecified atom stereocenters. The van der Waals surface area contributed by atoms with Gasteiger partial charge >= 0.3 is 0 Å². The maximum Gasteiger partial charge on any atom is 0.262 e. The zero-order chi connectivity index (χ0) is 20.8. The van der Waals surface area contributed by atoms with E-state index in [9.17, 15) is 4.79 Å². The summed E-state index contributed by atoms with van der Waals surface area (Å²) in [6.07, 6.45) is 3.78. The molecular weight excluding hydrogens is 410 g/mol. The molecule has 152 valence electrons. The van der Waals surface area contributed by atoms with Gasteiger partial charge in [-0.15, -0.1) is 10.2 Å². The third-order valence-corrected chi connectivity index (χ3v) is 6.05. The maximum atomic E-state index is 12.7. The molecule has 0 radical (unpaired) electrons. The average molecular weight is 427 g/mol. The van der Waals surface area contributed by atoms with Gasteiger partial charge < -0.3 is 4.98 Å². The van der Waals surface area contributed by atoms with E-state index in [0.717, 1.165) is 30.0 Å². The summed E-state index contributed by atoms with van der Waals surface area (Å²) in [5, 5.41) is 14.8. The van der Waals surface area contributed by atoms with Gasteiger partial charge in [0.05, 0.1) is 11.9 Å². The normalized spacial score (nSPS) is 13.7. The first-order chi connectivity index (χ1) is 15.3. The van der Waals surface area contributed by atoms with Gasteiger partial charge in [0.15, 0.2) is 10.8 Å². The fourth-order valence-electron chi connectivity index (χ4n) is 3.56. The van der Waals surface area contributed by atoms with E-state index >= 15 is 0 Å². The number of aromatic amines is 1. The highest BCUT2D eigenvalue weighted by Gasteiger charge is 2.31. The van der Waals surface area contributed by atoms with Gasteiger partial charge in [-0.2, -0.15) is 5.10 Å². The molecule has 0 saturated heterocycles. The molecule has 6 rings (SSSR count). The van der Waals surface area contributed by atoms with Crippen LogP contribution in [-0.2, 0) is 0 Å². The minimum Gasteiger partial charge on any atom is -0.300 e. The number of nitrogens with one attached hydrogen (secondary N) is 1. The van der Waals surface area contributed by atoms with Gasteiger partial charge in [-0.1, -0.05) is 36.4 Å². The zero-order valence-electron chi connectivity index (χ0n) is 16.3. The SMILES string of the molecule is O=c1[nH]c(Sc2nnc(C3CC3)n2-c2ccccc2)nc2c1cnn2-c1ccccc1.